The molecule has 78 valence electrons. The van der Waals surface area contributed by atoms with Gasteiger partial charge in [-0.1, -0.05) is 12.2 Å². The first-order chi connectivity index (χ1) is 6.68. The predicted molar refractivity (Wildman–Crippen MR) is 63.9 cm³/mol. The molecule has 0 fully saturated rings. The minimum absolute atomic E-state index is 0.628. The summed E-state index contributed by atoms with van der Waals surface area (Å²) in [6.45, 7) is 7.77. The number of rotatable bonds is 6. The van der Waals surface area contributed by atoms with Crippen molar-refractivity contribution in [2.75, 3.05) is 25.1 Å². The summed E-state index contributed by atoms with van der Waals surface area (Å²) >= 11 is 4.86. The highest BCUT2D eigenvalue weighted by Crippen LogP contribution is 2.18. The summed E-state index contributed by atoms with van der Waals surface area (Å²) in [5.41, 5.74) is 1.04. The summed E-state index contributed by atoms with van der Waals surface area (Å²) in [6.07, 6.45) is 0. The van der Waals surface area contributed by atoms with Crippen LogP contribution in [0, 0.1) is 0 Å². The quantitative estimate of drug-likeness (QED) is 0.641. The minimum atomic E-state index is 0.628. The predicted octanol–water partition coefficient (Wildman–Crippen LogP) is 2.91. The van der Waals surface area contributed by atoms with Crippen molar-refractivity contribution in [3.05, 3.63) is 22.1 Å². The van der Waals surface area contributed by atoms with E-state index in [1.165, 1.54) is 0 Å². The average molecular weight is 277 g/mol. The lowest BCUT2D eigenvalue weighted by atomic mass is 10.4. The van der Waals surface area contributed by atoms with Crippen molar-refractivity contribution < 1.29 is 4.74 Å². The number of hydrogen-bond acceptors (Lipinski definition) is 4. The molecule has 3 nitrogen and oxygen atoms in total. The number of nitrogens with zero attached hydrogens (tertiary/aromatic N) is 1. The van der Waals surface area contributed by atoms with E-state index in [0.717, 1.165) is 21.9 Å². The number of nitrogens with one attached hydrogen (secondary N) is 1. The van der Waals surface area contributed by atoms with Crippen molar-refractivity contribution in [3.8, 4) is 0 Å². The van der Waals surface area contributed by atoms with Crippen molar-refractivity contribution in [3.63, 3.8) is 0 Å². The molecule has 1 aromatic rings. The molecule has 0 aliphatic heterocycles. The molecule has 0 atom stereocenters. The summed E-state index contributed by atoms with van der Waals surface area (Å²) in [6, 6.07) is 0. The molecular formula is C9H13BrN2OS. The molecule has 14 heavy (non-hydrogen) atoms. The molecule has 0 aliphatic rings. The second-order valence-electron chi connectivity index (χ2n) is 2.91. The first kappa shape index (κ1) is 11.7. The van der Waals surface area contributed by atoms with Gasteiger partial charge in [0, 0.05) is 11.9 Å². The standard InChI is InChI=1S/C9H13BrN2OS/c1-7(2)5-13-4-3-11-9-12-8(10)6-14-9/h6H,1,3-5H2,2H3,(H,11,12). The van der Waals surface area contributed by atoms with Crippen molar-refractivity contribution in [1.82, 2.24) is 4.98 Å². The molecule has 0 spiro atoms. The molecule has 0 aliphatic carbocycles. The van der Waals surface area contributed by atoms with E-state index in [1.54, 1.807) is 11.3 Å². The largest absolute Gasteiger partial charge is 0.375 e. The number of halogens is 1. The van der Waals surface area contributed by atoms with Gasteiger partial charge in [-0.25, -0.2) is 4.98 Å². The Balaban J connectivity index is 2.07. The smallest absolute Gasteiger partial charge is 0.183 e. The van der Waals surface area contributed by atoms with Gasteiger partial charge in [0.25, 0.3) is 0 Å². The van der Waals surface area contributed by atoms with Gasteiger partial charge in [-0.2, -0.15) is 0 Å². The van der Waals surface area contributed by atoms with Crippen molar-refractivity contribution >= 4 is 32.4 Å². The molecule has 0 amide bonds. The summed E-state index contributed by atoms with van der Waals surface area (Å²) in [4.78, 5) is 4.19. The zero-order valence-corrected chi connectivity index (χ0v) is 10.4. The third-order valence-corrected chi connectivity index (χ3v) is 2.86. The Morgan fingerprint density at radius 3 is 3.14 bits per heavy atom. The number of aromatic nitrogens is 1. The van der Waals surface area contributed by atoms with E-state index in [9.17, 15) is 0 Å². The fourth-order valence-electron chi connectivity index (χ4n) is 0.812. The summed E-state index contributed by atoms with van der Waals surface area (Å²) in [7, 11) is 0. The number of ether oxygens (including phenoxy) is 1. The second kappa shape index (κ2) is 6.16. The average Bonchev–Trinajstić information content (AvgIpc) is 2.50. The zero-order valence-electron chi connectivity index (χ0n) is 8.05. The van der Waals surface area contributed by atoms with Crippen LogP contribution < -0.4 is 5.32 Å². The van der Waals surface area contributed by atoms with Crippen LogP contribution in [-0.4, -0.2) is 24.7 Å². The molecule has 1 N–H and O–H groups in total. The molecule has 0 aromatic carbocycles. The molecule has 0 unspecified atom stereocenters. The van der Waals surface area contributed by atoms with Crippen molar-refractivity contribution in [1.29, 1.82) is 0 Å². The molecule has 0 saturated heterocycles. The highest BCUT2D eigenvalue weighted by molar-refractivity contribution is 9.10. The van der Waals surface area contributed by atoms with Gasteiger partial charge in [0.2, 0.25) is 0 Å². The Kier molecular flexibility index (Phi) is 5.14. The lowest BCUT2D eigenvalue weighted by molar-refractivity contribution is 0.167. The lowest BCUT2D eigenvalue weighted by Gasteiger charge is -2.03. The van der Waals surface area contributed by atoms with Crippen LogP contribution in [0.25, 0.3) is 0 Å². The number of hydrogen-bond donors (Lipinski definition) is 1. The maximum absolute atomic E-state index is 5.33. The maximum atomic E-state index is 5.33. The van der Waals surface area contributed by atoms with Gasteiger partial charge in [0.1, 0.15) is 4.60 Å². The summed E-state index contributed by atoms with van der Waals surface area (Å²) in [5, 5.41) is 6.02. The van der Waals surface area contributed by atoms with E-state index in [4.69, 9.17) is 4.74 Å². The molecule has 1 aromatic heterocycles. The van der Waals surface area contributed by atoms with E-state index in [-0.39, 0.29) is 0 Å². The van der Waals surface area contributed by atoms with Gasteiger partial charge in [-0.3, -0.25) is 0 Å². The summed E-state index contributed by atoms with van der Waals surface area (Å²) < 4.78 is 6.20. The third-order valence-electron chi connectivity index (χ3n) is 1.35. The Morgan fingerprint density at radius 1 is 1.79 bits per heavy atom. The molecule has 5 heteroatoms. The summed E-state index contributed by atoms with van der Waals surface area (Å²) in [5.74, 6) is 0. The monoisotopic (exact) mass is 276 g/mol. The zero-order chi connectivity index (χ0) is 10.4. The van der Waals surface area contributed by atoms with Crippen LogP contribution in [0.5, 0.6) is 0 Å². The van der Waals surface area contributed by atoms with Gasteiger partial charge in [0.05, 0.1) is 13.2 Å². The minimum Gasteiger partial charge on any atom is -0.375 e. The van der Waals surface area contributed by atoms with Gasteiger partial charge < -0.3 is 10.1 Å². The Labute approximate surface area is 96.3 Å². The molecule has 0 radical (unpaired) electrons. The Bertz CT molecular complexity index is 301. The highest BCUT2D eigenvalue weighted by Gasteiger charge is 1.97. The normalized spacial score (nSPS) is 10.1. The Morgan fingerprint density at radius 2 is 2.57 bits per heavy atom. The topological polar surface area (TPSA) is 34.1 Å². The van der Waals surface area contributed by atoms with Crippen LogP contribution in [0.4, 0.5) is 5.13 Å². The highest BCUT2D eigenvalue weighted by atomic mass is 79.9. The second-order valence-corrected chi connectivity index (χ2v) is 4.58. The van der Waals surface area contributed by atoms with E-state index in [1.807, 2.05) is 12.3 Å². The van der Waals surface area contributed by atoms with Gasteiger partial charge in [-0.15, -0.1) is 11.3 Å². The molecule has 1 rings (SSSR count). The number of thiazole rings is 1. The van der Waals surface area contributed by atoms with Gasteiger partial charge in [-0.05, 0) is 22.9 Å². The Hall–Kier alpha value is -0.390. The van der Waals surface area contributed by atoms with Crippen LogP contribution in [0.15, 0.2) is 22.1 Å². The third kappa shape index (κ3) is 4.74. The first-order valence-electron chi connectivity index (χ1n) is 4.25. The van der Waals surface area contributed by atoms with Crippen LogP contribution in [-0.2, 0) is 4.74 Å². The van der Waals surface area contributed by atoms with Crippen LogP contribution in [0.1, 0.15) is 6.92 Å². The van der Waals surface area contributed by atoms with E-state index >= 15 is 0 Å². The molecular weight excluding hydrogens is 264 g/mol. The van der Waals surface area contributed by atoms with Crippen molar-refractivity contribution in [2.45, 2.75) is 6.92 Å². The van der Waals surface area contributed by atoms with Crippen LogP contribution in [0.3, 0.4) is 0 Å². The van der Waals surface area contributed by atoms with Crippen LogP contribution in [0.2, 0.25) is 0 Å². The fourth-order valence-corrected chi connectivity index (χ4v) is 1.98. The SMILES string of the molecule is C=C(C)COCCNc1nc(Br)cs1. The molecule has 0 bridgehead atoms. The fraction of sp³-hybridized carbons (Fsp3) is 0.444. The van der Waals surface area contributed by atoms with E-state index in [0.29, 0.717) is 13.2 Å². The van der Waals surface area contributed by atoms with Gasteiger partial charge >= 0.3 is 0 Å². The number of anilines is 1. The molecule has 1 heterocycles. The molecule has 0 saturated carbocycles. The van der Waals surface area contributed by atoms with E-state index in [2.05, 4.69) is 32.8 Å². The lowest BCUT2D eigenvalue weighted by Crippen LogP contribution is -2.09. The first-order valence-corrected chi connectivity index (χ1v) is 5.93. The van der Waals surface area contributed by atoms with Crippen LogP contribution >= 0.6 is 27.3 Å². The van der Waals surface area contributed by atoms with E-state index < -0.39 is 0 Å². The maximum Gasteiger partial charge on any atom is 0.183 e. The van der Waals surface area contributed by atoms with Gasteiger partial charge in [0.15, 0.2) is 5.13 Å². The van der Waals surface area contributed by atoms with Crippen molar-refractivity contribution in [2.24, 2.45) is 0 Å².